The van der Waals surface area contributed by atoms with Gasteiger partial charge in [-0.1, -0.05) is 39.7 Å². The molecule has 1 unspecified atom stereocenters. The Morgan fingerprint density at radius 1 is 1.16 bits per heavy atom. The molecule has 0 amide bonds. The van der Waals surface area contributed by atoms with E-state index in [1.807, 2.05) is 31.3 Å². The van der Waals surface area contributed by atoms with Crippen LogP contribution in [0.25, 0.3) is 0 Å². The summed E-state index contributed by atoms with van der Waals surface area (Å²) in [5, 5.41) is 3.90. The molecule has 1 atom stereocenters. The Morgan fingerprint density at radius 2 is 1.89 bits per heavy atom. The van der Waals surface area contributed by atoms with Gasteiger partial charge in [0.05, 0.1) is 6.04 Å². The SMILES string of the molecule is CNC(c1cc(Cl)cc(Br)c1)c1ccc(F)c(C)c1. The number of rotatable bonds is 3. The van der Waals surface area contributed by atoms with Crippen LogP contribution in [0.4, 0.5) is 4.39 Å². The summed E-state index contributed by atoms with van der Waals surface area (Å²) in [5.74, 6) is -0.189. The van der Waals surface area contributed by atoms with E-state index >= 15 is 0 Å². The van der Waals surface area contributed by atoms with E-state index < -0.39 is 0 Å². The molecule has 0 spiro atoms. The number of aryl methyl sites for hydroxylation is 1. The Balaban J connectivity index is 2.46. The van der Waals surface area contributed by atoms with E-state index in [-0.39, 0.29) is 11.9 Å². The fraction of sp³-hybridized carbons (Fsp3) is 0.200. The van der Waals surface area contributed by atoms with Gasteiger partial charge in [-0.15, -0.1) is 0 Å². The summed E-state index contributed by atoms with van der Waals surface area (Å²) >= 11 is 9.51. The van der Waals surface area contributed by atoms with Crippen molar-refractivity contribution in [2.24, 2.45) is 0 Å². The molecule has 0 heterocycles. The maximum atomic E-state index is 13.3. The van der Waals surface area contributed by atoms with Crippen LogP contribution >= 0.6 is 27.5 Å². The highest BCUT2D eigenvalue weighted by atomic mass is 79.9. The van der Waals surface area contributed by atoms with Crippen molar-refractivity contribution in [3.8, 4) is 0 Å². The van der Waals surface area contributed by atoms with E-state index in [1.165, 1.54) is 6.07 Å². The van der Waals surface area contributed by atoms with Crippen molar-refractivity contribution in [3.63, 3.8) is 0 Å². The predicted octanol–water partition coefficient (Wildman–Crippen LogP) is 4.86. The van der Waals surface area contributed by atoms with Crippen LogP contribution in [0.15, 0.2) is 40.9 Å². The van der Waals surface area contributed by atoms with Gasteiger partial charge in [-0.3, -0.25) is 0 Å². The third-order valence-corrected chi connectivity index (χ3v) is 3.70. The van der Waals surface area contributed by atoms with E-state index in [2.05, 4.69) is 21.2 Å². The lowest BCUT2D eigenvalue weighted by Crippen LogP contribution is -2.18. The van der Waals surface area contributed by atoms with Crippen molar-refractivity contribution in [1.82, 2.24) is 5.32 Å². The first-order valence-electron chi connectivity index (χ1n) is 5.90. The third kappa shape index (κ3) is 3.35. The molecule has 4 heteroatoms. The van der Waals surface area contributed by atoms with Gasteiger partial charge in [0.1, 0.15) is 5.82 Å². The molecule has 19 heavy (non-hydrogen) atoms. The quantitative estimate of drug-likeness (QED) is 0.840. The van der Waals surface area contributed by atoms with Crippen LogP contribution in [-0.4, -0.2) is 7.05 Å². The van der Waals surface area contributed by atoms with E-state index in [0.29, 0.717) is 10.6 Å². The highest BCUT2D eigenvalue weighted by Gasteiger charge is 2.14. The van der Waals surface area contributed by atoms with Crippen LogP contribution in [-0.2, 0) is 0 Å². The first-order chi connectivity index (χ1) is 9.01. The molecule has 0 aromatic heterocycles. The number of hydrogen-bond donors (Lipinski definition) is 1. The Kier molecular flexibility index (Phi) is 4.61. The number of benzene rings is 2. The van der Waals surface area contributed by atoms with E-state index in [9.17, 15) is 4.39 Å². The summed E-state index contributed by atoms with van der Waals surface area (Å²) in [7, 11) is 1.87. The molecule has 0 aliphatic heterocycles. The maximum absolute atomic E-state index is 13.3. The molecule has 100 valence electrons. The average Bonchev–Trinajstić information content (AvgIpc) is 2.33. The van der Waals surface area contributed by atoms with Crippen LogP contribution in [0.5, 0.6) is 0 Å². The van der Waals surface area contributed by atoms with Crippen molar-refractivity contribution < 1.29 is 4.39 Å². The second-order valence-corrected chi connectivity index (χ2v) is 5.79. The molecule has 2 aromatic rings. The Morgan fingerprint density at radius 3 is 2.47 bits per heavy atom. The van der Waals surface area contributed by atoms with Crippen LogP contribution in [0, 0.1) is 12.7 Å². The Hall–Kier alpha value is -0.900. The molecule has 0 aliphatic carbocycles. The van der Waals surface area contributed by atoms with Gasteiger partial charge in [-0.05, 0) is 54.9 Å². The van der Waals surface area contributed by atoms with E-state index in [1.54, 1.807) is 13.0 Å². The molecular weight excluding hydrogens is 329 g/mol. The molecule has 0 aliphatic rings. The third-order valence-electron chi connectivity index (χ3n) is 3.02. The normalized spacial score (nSPS) is 12.5. The molecular formula is C15H14BrClFN. The van der Waals surface area contributed by atoms with Gasteiger partial charge in [0.15, 0.2) is 0 Å². The molecule has 2 rings (SSSR count). The molecule has 0 radical (unpaired) electrons. The topological polar surface area (TPSA) is 12.0 Å². The van der Waals surface area contributed by atoms with Crippen LogP contribution < -0.4 is 5.32 Å². The largest absolute Gasteiger partial charge is 0.309 e. The summed E-state index contributed by atoms with van der Waals surface area (Å²) in [4.78, 5) is 0. The fourth-order valence-corrected chi connectivity index (χ4v) is 3.00. The smallest absolute Gasteiger partial charge is 0.126 e. The first kappa shape index (κ1) is 14.5. The summed E-state index contributed by atoms with van der Waals surface area (Å²) in [5.41, 5.74) is 2.68. The molecule has 1 N–H and O–H groups in total. The van der Waals surface area contributed by atoms with Crippen LogP contribution in [0.1, 0.15) is 22.7 Å². The molecule has 0 saturated heterocycles. The van der Waals surface area contributed by atoms with Crippen molar-refractivity contribution in [1.29, 1.82) is 0 Å². The van der Waals surface area contributed by atoms with Gasteiger partial charge in [0.2, 0.25) is 0 Å². The van der Waals surface area contributed by atoms with Crippen molar-refractivity contribution in [2.75, 3.05) is 7.05 Å². The zero-order valence-corrected chi connectivity index (χ0v) is 13.0. The minimum absolute atomic E-state index is 0.0192. The lowest BCUT2D eigenvalue weighted by molar-refractivity contribution is 0.614. The molecule has 2 aromatic carbocycles. The summed E-state index contributed by atoms with van der Waals surface area (Å²) in [6.45, 7) is 1.76. The zero-order chi connectivity index (χ0) is 14.0. The number of hydrogen-bond acceptors (Lipinski definition) is 1. The maximum Gasteiger partial charge on any atom is 0.126 e. The van der Waals surface area contributed by atoms with Crippen LogP contribution in [0.3, 0.4) is 0 Å². The van der Waals surface area contributed by atoms with Gasteiger partial charge >= 0.3 is 0 Å². The standard InChI is InChI=1S/C15H14BrClFN/c1-9-5-10(3-4-14(9)18)15(19-2)11-6-12(16)8-13(17)7-11/h3-8,15,19H,1-2H3. The Labute approximate surface area is 125 Å². The Bertz CT molecular complexity index is 580. The minimum Gasteiger partial charge on any atom is -0.309 e. The summed E-state index contributed by atoms with van der Waals surface area (Å²) < 4.78 is 14.3. The number of nitrogens with one attached hydrogen (secondary N) is 1. The molecule has 0 bridgehead atoms. The molecule has 0 saturated carbocycles. The fourth-order valence-electron chi connectivity index (χ4n) is 2.12. The van der Waals surface area contributed by atoms with Crippen molar-refractivity contribution in [3.05, 3.63) is 68.4 Å². The van der Waals surface area contributed by atoms with Gasteiger partial charge in [-0.2, -0.15) is 0 Å². The second kappa shape index (κ2) is 6.04. The first-order valence-corrected chi connectivity index (χ1v) is 7.07. The van der Waals surface area contributed by atoms with E-state index in [4.69, 9.17) is 11.6 Å². The predicted molar refractivity (Wildman–Crippen MR) is 81.2 cm³/mol. The van der Waals surface area contributed by atoms with Crippen molar-refractivity contribution in [2.45, 2.75) is 13.0 Å². The monoisotopic (exact) mass is 341 g/mol. The highest BCUT2D eigenvalue weighted by Crippen LogP contribution is 2.28. The average molecular weight is 343 g/mol. The second-order valence-electron chi connectivity index (χ2n) is 4.43. The van der Waals surface area contributed by atoms with Gasteiger partial charge in [-0.25, -0.2) is 4.39 Å². The molecule has 0 fully saturated rings. The lowest BCUT2D eigenvalue weighted by atomic mass is 9.97. The molecule has 1 nitrogen and oxygen atoms in total. The van der Waals surface area contributed by atoms with Crippen LogP contribution in [0.2, 0.25) is 5.02 Å². The summed E-state index contributed by atoms with van der Waals surface area (Å²) in [6.07, 6.45) is 0. The lowest BCUT2D eigenvalue weighted by Gasteiger charge is -2.18. The minimum atomic E-state index is -0.189. The number of halogens is 3. The van der Waals surface area contributed by atoms with Gasteiger partial charge in [0, 0.05) is 9.50 Å². The zero-order valence-electron chi connectivity index (χ0n) is 10.7. The van der Waals surface area contributed by atoms with Gasteiger partial charge < -0.3 is 5.32 Å². The van der Waals surface area contributed by atoms with Gasteiger partial charge in [0.25, 0.3) is 0 Å². The summed E-state index contributed by atoms with van der Waals surface area (Å²) in [6, 6.07) is 10.9. The highest BCUT2D eigenvalue weighted by molar-refractivity contribution is 9.10. The van der Waals surface area contributed by atoms with E-state index in [0.717, 1.165) is 15.6 Å². The van der Waals surface area contributed by atoms with Crippen molar-refractivity contribution >= 4 is 27.5 Å².